The van der Waals surface area contributed by atoms with Gasteiger partial charge in [0.25, 0.3) is 5.56 Å². The molecule has 1 aliphatic heterocycles. The van der Waals surface area contributed by atoms with Crippen LogP contribution in [0.25, 0.3) is 0 Å². The maximum atomic E-state index is 11.9. The molecule has 10 nitrogen and oxygen atoms in total. The highest BCUT2D eigenvalue weighted by atomic mass is 32.2. The molecule has 0 spiro atoms. The SMILES string of the molecule is O=c1[nH]cc([C@]2(CS(=O)O)O[C@H](CO)[C@@H](O)[C@H]2O)c(=O)[nH]1. The maximum absolute atomic E-state index is 11.9. The van der Waals surface area contributed by atoms with E-state index in [9.17, 15) is 24.0 Å². The Morgan fingerprint density at radius 2 is 2.05 bits per heavy atom. The van der Waals surface area contributed by atoms with Crippen LogP contribution in [-0.2, 0) is 21.4 Å². The quantitative estimate of drug-likeness (QED) is 0.311. The molecular formula is C10H14N2O8S. The summed E-state index contributed by atoms with van der Waals surface area (Å²) in [6.45, 7) is -0.667. The van der Waals surface area contributed by atoms with E-state index in [2.05, 4.69) is 4.98 Å². The molecule has 1 saturated heterocycles. The zero-order valence-electron chi connectivity index (χ0n) is 10.6. The van der Waals surface area contributed by atoms with Gasteiger partial charge in [-0.25, -0.2) is 9.00 Å². The van der Waals surface area contributed by atoms with Gasteiger partial charge < -0.3 is 29.6 Å². The molecular weight excluding hydrogens is 308 g/mol. The summed E-state index contributed by atoms with van der Waals surface area (Å²) in [6, 6.07) is 0. The topological polar surface area (TPSA) is 173 Å². The van der Waals surface area contributed by atoms with Gasteiger partial charge in [-0.15, -0.1) is 0 Å². The molecule has 0 radical (unpaired) electrons. The van der Waals surface area contributed by atoms with Crippen molar-refractivity contribution in [3.63, 3.8) is 0 Å². The molecule has 0 aliphatic carbocycles. The van der Waals surface area contributed by atoms with Crippen LogP contribution in [0.4, 0.5) is 0 Å². The number of aromatic amines is 2. The third-order valence-electron chi connectivity index (χ3n) is 3.34. The molecule has 0 bridgehead atoms. The zero-order chi connectivity index (χ0) is 15.8. The summed E-state index contributed by atoms with van der Waals surface area (Å²) < 4.78 is 25.5. The smallest absolute Gasteiger partial charge is 0.325 e. The van der Waals surface area contributed by atoms with Crippen LogP contribution in [0.5, 0.6) is 0 Å². The highest BCUT2D eigenvalue weighted by Crippen LogP contribution is 2.38. The molecule has 1 fully saturated rings. The van der Waals surface area contributed by atoms with Crippen LogP contribution in [-0.4, -0.2) is 64.7 Å². The zero-order valence-corrected chi connectivity index (χ0v) is 11.4. The number of aliphatic hydroxyl groups excluding tert-OH is 3. The van der Waals surface area contributed by atoms with Crippen molar-refractivity contribution in [1.82, 2.24) is 9.97 Å². The molecule has 5 atom stereocenters. The van der Waals surface area contributed by atoms with Crippen molar-refractivity contribution in [2.75, 3.05) is 12.4 Å². The summed E-state index contributed by atoms with van der Waals surface area (Å²) in [7, 11) is 0. The molecule has 0 amide bonds. The highest BCUT2D eigenvalue weighted by Gasteiger charge is 2.57. The van der Waals surface area contributed by atoms with E-state index in [1.54, 1.807) is 0 Å². The summed E-state index contributed by atoms with van der Waals surface area (Å²) in [6.07, 6.45) is -3.61. The minimum atomic E-state index is -2.48. The molecule has 2 heterocycles. The summed E-state index contributed by atoms with van der Waals surface area (Å²) in [4.78, 5) is 27.0. The van der Waals surface area contributed by atoms with Crippen molar-refractivity contribution in [1.29, 1.82) is 0 Å². The number of hydrogen-bond donors (Lipinski definition) is 6. The molecule has 11 heteroatoms. The molecule has 2 rings (SSSR count). The molecule has 1 unspecified atom stereocenters. The Bertz CT molecular complexity index is 657. The molecule has 1 aliphatic rings. The fourth-order valence-corrected chi connectivity index (χ4v) is 3.12. The number of nitrogens with one attached hydrogen (secondary N) is 2. The Labute approximate surface area is 119 Å². The van der Waals surface area contributed by atoms with Crippen LogP contribution in [0.1, 0.15) is 5.56 Å². The van der Waals surface area contributed by atoms with Gasteiger partial charge in [0.15, 0.2) is 11.1 Å². The molecule has 1 aromatic rings. The normalized spacial score (nSPS) is 34.0. The summed E-state index contributed by atoms with van der Waals surface area (Å²) in [5, 5.41) is 29.0. The first kappa shape index (κ1) is 16.0. The standard InChI is InChI=1S/C10H14N2O8S/c13-2-5-6(14)7(15)10(20-5,3-21(18)19)4-1-11-9(17)12-8(4)16/h1,5-7,13-15H,2-3H2,(H,18,19)(H2,11,12,16,17)/t5-,6-,7-,10+/m1/s1. The minimum absolute atomic E-state index is 0.327. The Kier molecular flexibility index (Phi) is 4.41. The van der Waals surface area contributed by atoms with Gasteiger partial charge in [-0.1, -0.05) is 0 Å². The number of rotatable bonds is 4. The van der Waals surface area contributed by atoms with Gasteiger partial charge in [-0.3, -0.25) is 9.78 Å². The maximum Gasteiger partial charge on any atom is 0.325 e. The summed E-state index contributed by atoms with van der Waals surface area (Å²) >= 11 is -2.48. The van der Waals surface area contributed by atoms with Crippen LogP contribution in [0.2, 0.25) is 0 Å². The minimum Gasteiger partial charge on any atom is -0.394 e. The molecule has 6 N–H and O–H groups in total. The van der Waals surface area contributed by atoms with E-state index in [1.165, 1.54) is 0 Å². The van der Waals surface area contributed by atoms with Gasteiger partial charge in [0, 0.05) is 6.20 Å². The van der Waals surface area contributed by atoms with Crippen molar-refractivity contribution < 1.29 is 28.8 Å². The second kappa shape index (κ2) is 5.79. The third-order valence-corrected chi connectivity index (χ3v) is 4.01. The fourth-order valence-electron chi connectivity index (χ4n) is 2.36. The Morgan fingerprint density at radius 1 is 1.38 bits per heavy atom. The first-order chi connectivity index (χ1) is 9.81. The second-order valence-corrected chi connectivity index (χ2v) is 5.55. The highest BCUT2D eigenvalue weighted by molar-refractivity contribution is 7.79. The Balaban J connectivity index is 2.60. The fraction of sp³-hybridized carbons (Fsp3) is 0.600. The van der Waals surface area contributed by atoms with Crippen LogP contribution in [0, 0.1) is 0 Å². The van der Waals surface area contributed by atoms with Crippen molar-refractivity contribution in [2.24, 2.45) is 0 Å². The van der Waals surface area contributed by atoms with Gasteiger partial charge in [-0.2, -0.15) is 0 Å². The van der Waals surface area contributed by atoms with E-state index in [0.717, 1.165) is 6.20 Å². The lowest BCUT2D eigenvalue weighted by Crippen LogP contribution is -2.48. The summed E-state index contributed by atoms with van der Waals surface area (Å²) in [5.74, 6) is -0.725. The predicted octanol–water partition coefficient (Wildman–Crippen LogP) is -3.41. The van der Waals surface area contributed by atoms with Crippen molar-refractivity contribution in [3.05, 3.63) is 32.6 Å². The largest absolute Gasteiger partial charge is 0.394 e. The van der Waals surface area contributed by atoms with Gasteiger partial charge in [0.05, 0.1) is 17.9 Å². The number of H-pyrrole nitrogens is 2. The van der Waals surface area contributed by atoms with E-state index < -0.39 is 58.6 Å². The summed E-state index contributed by atoms with van der Waals surface area (Å²) in [5.41, 5.74) is -4.10. The number of aromatic nitrogens is 2. The lowest BCUT2D eigenvalue weighted by atomic mass is 9.90. The first-order valence-corrected chi connectivity index (χ1v) is 7.14. The average Bonchev–Trinajstić information content (AvgIpc) is 2.63. The van der Waals surface area contributed by atoms with E-state index in [0.29, 0.717) is 0 Å². The van der Waals surface area contributed by atoms with Gasteiger partial charge >= 0.3 is 5.69 Å². The van der Waals surface area contributed by atoms with Crippen LogP contribution >= 0.6 is 0 Å². The lowest BCUT2D eigenvalue weighted by molar-refractivity contribution is -0.0843. The van der Waals surface area contributed by atoms with Crippen molar-refractivity contribution >= 4 is 11.1 Å². The molecule has 0 aromatic carbocycles. The Morgan fingerprint density at radius 3 is 2.52 bits per heavy atom. The molecule has 21 heavy (non-hydrogen) atoms. The first-order valence-electron chi connectivity index (χ1n) is 5.86. The predicted molar refractivity (Wildman–Crippen MR) is 69.0 cm³/mol. The Hall–Kier alpha value is -1.37. The van der Waals surface area contributed by atoms with Crippen LogP contribution < -0.4 is 11.2 Å². The van der Waals surface area contributed by atoms with Gasteiger partial charge in [0.2, 0.25) is 0 Å². The number of hydrogen-bond acceptors (Lipinski definition) is 7. The van der Waals surface area contributed by atoms with Crippen LogP contribution in [0.15, 0.2) is 15.8 Å². The third kappa shape index (κ3) is 2.71. The molecule has 1 aromatic heterocycles. The van der Waals surface area contributed by atoms with E-state index >= 15 is 0 Å². The number of aliphatic hydroxyl groups is 3. The van der Waals surface area contributed by atoms with Gasteiger partial charge in [-0.05, 0) is 0 Å². The van der Waals surface area contributed by atoms with E-state index in [4.69, 9.17) is 14.4 Å². The molecule has 118 valence electrons. The van der Waals surface area contributed by atoms with Crippen LogP contribution in [0.3, 0.4) is 0 Å². The number of ether oxygens (including phenoxy) is 1. The monoisotopic (exact) mass is 322 g/mol. The van der Waals surface area contributed by atoms with E-state index in [1.807, 2.05) is 4.98 Å². The van der Waals surface area contributed by atoms with Gasteiger partial charge in [0.1, 0.15) is 23.9 Å². The average molecular weight is 322 g/mol. The second-order valence-electron chi connectivity index (χ2n) is 4.62. The lowest BCUT2D eigenvalue weighted by Gasteiger charge is -2.30. The van der Waals surface area contributed by atoms with Crippen molar-refractivity contribution in [3.8, 4) is 0 Å². The van der Waals surface area contributed by atoms with E-state index in [-0.39, 0.29) is 5.56 Å². The van der Waals surface area contributed by atoms with Crippen molar-refractivity contribution in [2.45, 2.75) is 23.9 Å². The molecule has 0 saturated carbocycles.